The molecule has 4 aromatic rings. The van der Waals surface area contributed by atoms with Crippen molar-refractivity contribution < 1.29 is 14.3 Å². The lowest BCUT2D eigenvalue weighted by Gasteiger charge is -2.47. The van der Waals surface area contributed by atoms with Gasteiger partial charge >= 0.3 is 5.97 Å². The van der Waals surface area contributed by atoms with Gasteiger partial charge in [-0.1, -0.05) is 84.0 Å². The first-order chi connectivity index (χ1) is 26.8. The van der Waals surface area contributed by atoms with Crippen LogP contribution in [-0.2, 0) is 21.2 Å². The highest BCUT2D eigenvalue weighted by Gasteiger charge is 2.53. The van der Waals surface area contributed by atoms with Gasteiger partial charge in [0.1, 0.15) is 11.5 Å². The fourth-order valence-corrected chi connectivity index (χ4v) is 11.1. The molecule has 4 aromatic carbocycles. The van der Waals surface area contributed by atoms with Gasteiger partial charge in [0.05, 0.1) is 5.56 Å². The van der Waals surface area contributed by atoms with E-state index in [4.69, 9.17) is 9.47 Å². The maximum Gasteiger partial charge on any atom is 0.340 e. The number of ether oxygens (including phenoxy) is 2. The van der Waals surface area contributed by atoms with Crippen LogP contribution in [0.1, 0.15) is 150 Å². The van der Waals surface area contributed by atoms with E-state index in [9.17, 15) is 4.79 Å². The molecule has 0 amide bonds. The lowest BCUT2D eigenvalue weighted by atomic mass is 9.61. The standard InChI is InChI=1S/C51H64N2O3/c1-10-53(11-2)47-42(49(8)26-22-35(23-27-49)32(3)4)30-34(7)46(45(47)50(9)28-24-36(25-29-50)33(5)6)52-37-20-21-44-41(31-37)51(40-18-14-15-19-43(40)55-44)39-17-13-12-16-38(39)48(54)56-51/h12-21,30-33,35-36,52H,10-11,22-29H2,1-9H3. The molecule has 0 aromatic heterocycles. The van der Waals surface area contributed by atoms with Gasteiger partial charge in [0.2, 0.25) is 0 Å². The van der Waals surface area contributed by atoms with Crippen LogP contribution in [0.15, 0.2) is 72.8 Å². The van der Waals surface area contributed by atoms with Crippen molar-refractivity contribution in [1.82, 2.24) is 0 Å². The number of fused-ring (bicyclic) bond motifs is 6. The third kappa shape index (κ3) is 6.23. The van der Waals surface area contributed by atoms with E-state index in [-0.39, 0.29) is 16.8 Å². The van der Waals surface area contributed by atoms with Crippen LogP contribution in [0.4, 0.5) is 17.1 Å². The van der Waals surface area contributed by atoms with Crippen LogP contribution in [0, 0.1) is 30.6 Å². The van der Waals surface area contributed by atoms with Crippen molar-refractivity contribution in [3.05, 3.63) is 112 Å². The summed E-state index contributed by atoms with van der Waals surface area (Å²) in [7, 11) is 0. The first-order valence-electron chi connectivity index (χ1n) is 21.8. The molecule has 2 aliphatic heterocycles. The van der Waals surface area contributed by atoms with Gasteiger partial charge in [-0.05, 0) is 148 Å². The van der Waals surface area contributed by atoms with Crippen LogP contribution < -0.4 is 15.0 Å². The van der Waals surface area contributed by atoms with Crippen LogP contribution >= 0.6 is 0 Å². The summed E-state index contributed by atoms with van der Waals surface area (Å²) < 4.78 is 13.1. The summed E-state index contributed by atoms with van der Waals surface area (Å²) in [5, 5.41) is 4.10. The first kappa shape index (κ1) is 38.6. The second-order valence-electron chi connectivity index (χ2n) is 18.8. The van der Waals surface area contributed by atoms with Crippen molar-refractivity contribution >= 4 is 23.0 Å². The topological polar surface area (TPSA) is 50.8 Å². The normalized spacial score (nSPS) is 26.7. The summed E-state index contributed by atoms with van der Waals surface area (Å²) in [4.78, 5) is 16.3. The number of carbonyl (C=O) groups is 1. The van der Waals surface area contributed by atoms with Gasteiger partial charge in [0, 0.05) is 52.4 Å². The quantitative estimate of drug-likeness (QED) is 0.173. The molecule has 4 aliphatic rings. The van der Waals surface area contributed by atoms with Crippen molar-refractivity contribution in [2.75, 3.05) is 23.3 Å². The Balaban J connectivity index is 1.31. The lowest BCUT2D eigenvalue weighted by molar-refractivity contribution is 0.0224. The van der Waals surface area contributed by atoms with E-state index in [0.717, 1.165) is 53.2 Å². The minimum atomic E-state index is -1.10. The number of nitrogens with zero attached hydrogens (tertiary/aromatic N) is 1. The molecule has 0 radical (unpaired) electrons. The van der Waals surface area contributed by atoms with E-state index >= 15 is 0 Å². The van der Waals surface area contributed by atoms with E-state index < -0.39 is 5.60 Å². The zero-order valence-electron chi connectivity index (χ0n) is 35.5. The number of hydrogen-bond acceptors (Lipinski definition) is 5. The van der Waals surface area contributed by atoms with Crippen LogP contribution in [-0.4, -0.2) is 19.1 Å². The Morgan fingerprint density at radius 3 is 1.91 bits per heavy atom. The number of carbonyl (C=O) groups excluding carboxylic acids is 1. The molecule has 5 heteroatoms. The average molecular weight is 753 g/mol. The smallest absolute Gasteiger partial charge is 0.340 e. The Labute approximate surface area is 336 Å². The molecule has 56 heavy (non-hydrogen) atoms. The van der Waals surface area contributed by atoms with Gasteiger partial charge in [-0.3, -0.25) is 0 Å². The second kappa shape index (κ2) is 14.6. The van der Waals surface area contributed by atoms with E-state index in [2.05, 4.69) is 96.8 Å². The highest BCUT2D eigenvalue weighted by atomic mass is 16.6. The summed E-state index contributed by atoms with van der Waals surface area (Å²) >= 11 is 0. The van der Waals surface area contributed by atoms with Crippen LogP contribution in [0.2, 0.25) is 0 Å². The molecule has 0 bridgehead atoms. The highest BCUT2D eigenvalue weighted by molar-refractivity contribution is 5.97. The van der Waals surface area contributed by atoms with E-state index in [1.54, 1.807) is 5.56 Å². The Hall–Kier alpha value is -4.25. The summed E-state index contributed by atoms with van der Waals surface area (Å²) in [5.74, 6) is 4.12. The van der Waals surface area contributed by atoms with Crippen molar-refractivity contribution in [2.24, 2.45) is 23.7 Å². The van der Waals surface area contributed by atoms with Gasteiger partial charge < -0.3 is 19.7 Å². The fraction of sp³-hybridized carbons (Fsp3) is 0.510. The molecule has 0 saturated heterocycles. The Bertz CT molecular complexity index is 2110. The van der Waals surface area contributed by atoms with Crippen molar-refractivity contribution in [3.8, 4) is 11.5 Å². The van der Waals surface area contributed by atoms with Gasteiger partial charge in [0.25, 0.3) is 0 Å². The minimum absolute atomic E-state index is 0.00924. The maximum atomic E-state index is 13.6. The molecule has 2 heterocycles. The van der Waals surface area contributed by atoms with E-state index in [1.807, 2.05) is 48.5 Å². The molecular weight excluding hydrogens is 689 g/mol. The lowest BCUT2D eigenvalue weighted by Crippen LogP contribution is -2.38. The molecule has 5 nitrogen and oxygen atoms in total. The molecule has 2 aliphatic carbocycles. The minimum Gasteiger partial charge on any atom is -0.456 e. The van der Waals surface area contributed by atoms with Crippen LogP contribution in [0.25, 0.3) is 0 Å². The molecule has 2 fully saturated rings. The Morgan fingerprint density at radius 2 is 1.29 bits per heavy atom. The fourth-order valence-electron chi connectivity index (χ4n) is 11.1. The zero-order valence-corrected chi connectivity index (χ0v) is 35.5. The van der Waals surface area contributed by atoms with Gasteiger partial charge in [-0.25, -0.2) is 4.79 Å². The molecular formula is C51H64N2O3. The van der Waals surface area contributed by atoms with Crippen molar-refractivity contribution in [2.45, 2.75) is 130 Å². The van der Waals surface area contributed by atoms with E-state index in [0.29, 0.717) is 23.0 Å². The second-order valence-corrected chi connectivity index (χ2v) is 18.8. The highest BCUT2D eigenvalue weighted by Crippen LogP contribution is 2.58. The average Bonchev–Trinajstić information content (AvgIpc) is 3.49. The van der Waals surface area contributed by atoms with Gasteiger partial charge in [0.15, 0.2) is 5.60 Å². The molecule has 1 atom stereocenters. The largest absolute Gasteiger partial charge is 0.456 e. The van der Waals surface area contributed by atoms with Crippen LogP contribution in [0.3, 0.4) is 0 Å². The van der Waals surface area contributed by atoms with Crippen molar-refractivity contribution in [3.63, 3.8) is 0 Å². The molecule has 296 valence electrons. The first-order valence-corrected chi connectivity index (χ1v) is 21.8. The third-order valence-electron chi connectivity index (χ3n) is 14.9. The molecule has 1 unspecified atom stereocenters. The predicted molar refractivity (Wildman–Crippen MR) is 231 cm³/mol. The maximum absolute atomic E-state index is 13.6. The third-order valence-corrected chi connectivity index (χ3v) is 14.9. The number of anilines is 3. The zero-order chi connectivity index (χ0) is 39.6. The predicted octanol–water partition coefficient (Wildman–Crippen LogP) is 13.4. The summed E-state index contributed by atoms with van der Waals surface area (Å²) in [6, 6.07) is 24.8. The number of rotatable bonds is 9. The summed E-state index contributed by atoms with van der Waals surface area (Å²) in [5.41, 5.74) is 10.2. The van der Waals surface area contributed by atoms with E-state index in [1.165, 1.54) is 73.9 Å². The molecule has 1 spiro atoms. The number of nitrogens with one attached hydrogen (secondary N) is 1. The molecule has 8 rings (SSSR count). The van der Waals surface area contributed by atoms with Gasteiger partial charge in [-0.2, -0.15) is 0 Å². The summed E-state index contributed by atoms with van der Waals surface area (Å²) in [6.45, 7) is 23.7. The number of aryl methyl sites for hydroxylation is 1. The molecule has 2 saturated carbocycles. The van der Waals surface area contributed by atoms with Gasteiger partial charge in [-0.15, -0.1) is 0 Å². The number of benzene rings is 4. The van der Waals surface area contributed by atoms with Crippen molar-refractivity contribution in [1.29, 1.82) is 0 Å². The number of para-hydroxylation sites is 1. The SMILES string of the molecule is CCN(CC)c1c(C2(C)CCC(C(C)C)CC2)cc(C)c(Nc2ccc3c(c2)C2(OC(=O)c4ccccc42)c2ccccc2O3)c1C1(C)CCC(C(C)C)CC1. The number of hydrogen-bond donors (Lipinski definition) is 1. The monoisotopic (exact) mass is 752 g/mol. The number of esters is 1. The molecule has 1 N–H and O–H groups in total. The Kier molecular flexibility index (Phi) is 10.1. The summed E-state index contributed by atoms with van der Waals surface area (Å²) in [6.07, 6.45) is 9.92. The van der Waals surface area contributed by atoms with Crippen LogP contribution in [0.5, 0.6) is 11.5 Å². The Morgan fingerprint density at radius 1 is 0.714 bits per heavy atom.